The van der Waals surface area contributed by atoms with Crippen LogP contribution in [0.2, 0.25) is 10.0 Å². The minimum atomic E-state index is -0.386. The summed E-state index contributed by atoms with van der Waals surface area (Å²) in [6, 6.07) is 5.17. The molecule has 1 amide bonds. The molecule has 0 spiro atoms. The largest absolute Gasteiger partial charge is 0.462 e. The van der Waals surface area contributed by atoms with Crippen LogP contribution in [0.1, 0.15) is 41.1 Å². The van der Waals surface area contributed by atoms with Gasteiger partial charge in [0.2, 0.25) is 5.91 Å². The molecule has 0 bridgehead atoms. The second kappa shape index (κ2) is 11.8. The Hall–Kier alpha value is -2.33. The molecule has 11 heteroatoms. The van der Waals surface area contributed by atoms with E-state index in [0.29, 0.717) is 49.6 Å². The fourth-order valence-corrected chi connectivity index (χ4v) is 6.77. The Labute approximate surface area is 228 Å². The van der Waals surface area contributed by atoms with Crippen LogP contribution < -0.4 is 5.32 Å². The van der Waals surface area contributed by atoms with Crippen molar-refractivity contribution in [3.05, 3.63) is 56.9 Å². The Balaban J connectivity index is 1.52. The minimum absolute atomic E-state index is 0.0882. The summed E-state index contributed by atoms with van der Waals surface area (Å²) in [5.41, 5.74) is 2.19. The molecule has 1 aromatic carbocycles. The third-order valence-electron chi connectivity index (χ3n) is 5.78. The van der Waals surface area contributed by atoms with Crippen molar-refractivity contribution in [1.29, 1.82) is 0 Å². The molecule has 190 valence electrons. The average Bonchev–Trinajstić information content (AvgIpc) is 3.38. The number of esters is 1. The molecular weight excluding hydrogens is 539 g/mol. The third-order valence-corrected chi connectivity index (χ3v) is 8.46. The first-order valence-corrected chi connectivity index (χ1v) is 14.1. The van der Waals surface area contributed by atoms with E-state index in [0.717, 1.165) is 29.7 Å². The maximum absolute atomic E-state index is 12.9. The number of amides is 1. The van der Waals surface area contributed by atoms with Gasteiger partial charge in [-0.2, -0.15) is 0 Å². The number of thioether (sulfide) groups is 1. The zero-order chi connectivity index (χ0) is 25.8. The summed E-state index contributed by atoms with van der Waals surface area (Å²) >= 11 is 15.1. The van der Waals surface area contributed by atoms with Gasteiger partial charge < -0.3 is 10.1 Å². The SMILES string of the molecule is C=CCn1c(SCC(=O)Nc2sc3c(c2C(=O)OCC)CCC(C)C3)nnc1-c1ccc(Cl)cc1Cl. The summed E-state index contributed by atoms with van der Waals surface area (Å²) in [5.74, 6) is 0.568. The number of benzene rings is 1. The number of ether oxygens (including phenoxy) is 1. The van der Waals surface area contributed by atoms with E-state index in [2.05, 4.69) is 29.0 Å². The second-order valence-corrected chi connectivity index (χ2v) is 11.3. The van der Waals surface area contributed by atoms with Crippen molar-refractivity contribution >= 4 is 63.2 Å². The summed E-state index contributed by atoms with van der Waals surface area (Å²) in [5, 5.41) is 13.6. The Morgan fingerprint density at radius 3 is 2.89 bits per heavy atom. The highest BCUT2D eigenvalue weighted by molar-refractivity contribution is 7.99. The number of anilines is 1. The lowest BCUT2D eigenvalue weighted by Crippen LogP contribution is -2.18. The number of aromatic nitrogens is 3. The number of nitrogens with zero attached hydrogens (tertiary/aromatic N) is 3. The van der Waals surface area contributed by atoms with Crippen LogP contribution in [0.25, 0.3) is 11.4 Å². The molecule has 1 N–H and O–H groups in total. The van der Waals surface area contributed by atoms with E-state index >= 15 is 0 Å². The van der Waals surface area contributed by atoms with Gasteiger partial charge in [-0.05, 0) is 55.9 Å². The lowest BCUT2D eigenvalue weighted by atomic mass is 9.88. The van der Waals surface area contributed by atoms with Crippen molar-refractivity contribution in [3.63, 3.8) is 0 Å². The van der Waals surface area contributed by atoms with Crippen molar-refractivity contribution in [2.45, 2.75) is 44.8 Å². The molecule has 2 aromatic heterocycles. The molecule has 1 aliphatic rings. The quantitative estimate of drug-likeness (QED) is 0.180. The number of thiophene rings is 1. The monoisotopic (exact) mass is 564 g/mol. The van der Waals surface area contributed by atoms with E-state index in [1.165, 1.54) is 23.1 Å². The second-order valence-electron chi connectivity index (χ2n) is 8.44. The first kappa shape index (κ1) is 26.7. The third kappa shape index (κ3) is 5.80. The van der Waals surface area contributed by atoms with Crippen LogP contribution in [-0.4, -0.2) is 39.0 Å². The van der Waals surface area contributed by atoms with Gasteiger partial charge in [0.25, 0.3) is 0 Å². The predicted molar refractivity (Wildman–Crippen MR) is 146 cm³/mol. The fraction of sp³-hybridized carbons (Fsp3) is 0.360. The lowest BCUT2D eigenvalue weighted by Gasteiger charge is -2.18. The Morgan fingerprint density at radius 2 is 2.17 bits per heavy atom. The van der Waals surface area contributed by atoms with Crippen molar-refractivity contribution in [2.24, 2.45) is 5.92 Å². The molecule has 2 heterocycles. The minimum Gasteiger partial charge on any atom is -0.462 e. The lowest BCUT2D eigenvalue weighted by molar-refractivity contribution is -0.113. The first-order valence-electron chi connectivity index (χ1n) is 11.6. The van der Waals surface area contributed by atoms with E-state index in [4.69, 9.17) is 27.9 Å². The zero-order valence-corrected chi connectivity index (χ0v) is 23.1. The van der Waals surface area contributed by atoms with E-state index in [9.17, 15) is 9.59 Å². The van der Waals surface area contributed by atoms with Gasteiger partial charge in [0.05, 0.1) is 22.9 Å². The highest BCUT2D eigenvalue weighted by Gasteiger charge is 2.29. The number of allylic oxidation sites excluding steroid dienone is 1. The van der Waals surface area contributed by atoms with Gasteiger partial charge in [0, 0.05) is 22.0 Å². The van der Waals surface area contributed by atoms with Crippen molar-refractivity contribution in [2.75, 3.05) is 17.7 Å². The number of rotatable bonds is 9. The standard InChI is InChI=1S/C25H26Cl2N4O3S2/c1-4-10-31-22(16-9-7-15(26)12-18(16)27)29-30-25(31)35-13-20(32)28-23-21(24(33)34-5-2)17-8-6-14(3)11-19(17)36-23/h4,7,9,12,14H,1,5-6,8,10-11,13H2,2-3H3,(H,28,32). The number of halogens is 2. The molecule has 3 aromatic rings. The molecule has 0 aliphatic heterocycles. The number of nitrogens with one attached hydrogen (secondary N) is 1. The summed E-state index contributed by atoms with van der Waals surface area (Å²) < 4.78 is 7.14. The molecule has 1 aliphatic carbocycles. The van der Waals surface area contributed by atoms with Crippen LogP contribution >= 0.6 is 46.3 Å². The van der Waals surface area contributed by atoms with Gasteiger partial charge in [0.15, 0.2) is 11.0 Å². The van der Waals surface area contributed by atoms with Crippen LogP contribution in [0.3, 0.4) is 0 Å². The molecule has 0 fully saturated rings. The molecule has 36 heavy (non-hydrogen) atoms. The van der Waals surface area contributed by atoms with E-state index < -0.39 is 0 Å². The number of carbonyl (C=O) groups is 2. The maximum Gasteiger partial charge on any atom is 0.341 e. The molecule has 4 rings (SSSR count). The normalized spacial score (nSPS) is 14.8. The molecule has 0 saturated carbocycles. The smallest absolute Gasteiger partial charge is 0.341 e. The average molecular weight is 566 g/mol. The predicted octanol–water partition coefficient (Wildman–Crippen LogP) is 6.53. The van der Waals surface area contributed by atoms with Gasteiger partial charge >= 0.3 is 5.97 Å². The van der Waals surface area contributed by atoms with Crippen LogP contribution in [0.15, 0.2) is 36.0 Å². The number of hydrogen-bond acceptors (Lipinski definition) is 7. The van der Waals surface area contributed by atoms with E-state index in [-0.39, 0.29) is 24.2 Å². The van der Waals surface area contributed by atoms with Crippen LogP contribution in [-0.2, 0) is 28.9 Å². The highest BCUT2D eigenvalue weighted by atomic mass is 35.5. The van der Waals surface area contributed by atoms with Gasteiger partial charge in [-0.3, -0.25) is 9.36 Å². The summed E-state index contributed by atoms with van der Waals surface area (Å²) in [6.07, 6.45) is 4.45. The van der Waals surface area contributed by atoms with Gasteiger partial charge in [-0.15, -0.1) is 28.1 Å². The Bertz CT molecular complexity index is 1300. The van der Waals surface area contributed by atoms with Crippen LogP contribution in [0.4, 0.5) is 5.00 Å². The summed E-state index contributed by atoms with van der Waals surface area (Å²) in [6.45, 7) is 8.51. The summed E-state index contributed by atoms with van der Waals surface area (Å²) in [4.78, 5) is 26.8. The van der Waals surface area contributed by atoms with Gasteiger partial charge in [0.1, 0.15) is 5.00 Å². The van der Waals surface area contributed by atoms with Crippen molar-refractivity contribution in [3.8, 4) is 11.4 Å². The molecule has 7 nitrogen and oxygen atoms in total. The fourth-order valence-electron chi connectivity index (χ4n) is 4.11. The zero-order valence-electron chi connectivity index (χ0n) is 20.0. The Kier molecular flexibility index (Phi) is 8.77. The molecule has 1 unspecified atom stereocenters. The molecule has 0 saturated heterocycles. The molecule has 0 radical (unpaired) electrons. The molecule has 1 atom stereocenters. The van der Waals surface area contributed by atoms with Crippen LogP contribution in [0.5, 0.6) is 0 Å². The van der Waals surface area contributed by atoms with Crippen molar-refractivity contribution in [1.82, 2.24) is 14.8 Å². The summed E-state index contributed by atoms with van der Waals surface area (Å²) in [7, 11) is 0. The number of fused-ring (bicyclic) bond motifs is 1. The van der Waals surface area contributed by atoms with Crippen molar-refractivity contribution < 1.29 is 14.3 Å². The maximum atomic E-state index is 12.9. The number of hydrogen-bond donors (Lipinski definition) is 1. The topological polar surface area (TPSA) is 86.1 Å². The van der Waals surface area contributed by atoms with Gasteiger partial charge in [-0.25, -0.2) is 4.79 Å². The number of carbonyl (C=O) groups excluding carboxylic acids is 2. The van der Waals surface area contributed by atoms with Gasteiger partial charge in [-0.1, -0.05) is 48.0 Å². The van der Waals surface area contributed by atoms with E-state index in [1.54, 1.807) is 31.2 Å². The van der Waals surface area contributed by atoms with Crippen LogP contribution in [0, 0.1) is 5.92 Å². The Morgan fingerprint density at radius 1 is 1.36 bits per heavy atom. The van der Waals surface area contributed by atoms with E-state index in [1.807, 2.05) is 4.57 Å². The highest BCUT2D eigenvalue weighted by Crippen LogP contribution is 2.40. The first-order chi connectivity index (χ1) is 17.3. The molecular formula is C25H26Cl2N4O3S2.